The Morgan fingerprint density at radius 3 is 2.33 bits per heavy atom. The topological polar surface area (TPSA) is 93.5 Å². The van der Waals surface area contributed by atoms with Gasteiger partial charge >= 0.3 is 0 Å². The molecule has 0 aliphatic carbocycles. The third kappa shape index (κ3) is 8.29. The first-order chi connectivity index (χ1) is 9.51. The Labute approximate surface area is 130 Å². The van der Waals surface area contributed by atoms with Crippen molar-refractivity contribution in [2.45, 2.75) is 26.6 Å². The molecule has 0 aromatic heterocycles. The predicted octanol–water partition coefficient (Wildman–Crippen LogP) is 1.05. The number of ether oxygens (including phenoxy) is 1. The van der Waals surface area contributed by atoms with Gasteiger partial charge in [-0.3, -0.25) is 9.59 Å². The van der Waals surface area contributed by atoms with Gasteiger partial charge in [0, 0.05) is 5.69 Å². The van der Waals surface area contributed by atoms with E-state index in [0.29, 0.717) is 12.3 Å². The monoisotopic (exact) mass is 315 g/mol. The molecule has 1 rings (SSSR count). The summed E-state index contributed by atoms with van der Waals surface area (Å²) in [5.41, 5.74) is 6.83. The van der Waals surface area contributed by atoms with Crippen molar-refractivity contribution in [2.75, 3.05) is 18.4 Å². The molecule has 0 atom stereocenters. The number of hydrogen-bond donors (Lipinski definition) is 3. The van der Waals surface area contributed by atoms with Crippen molar-refractivity contribution in [3.8, 4) is 0 Å². The molecular weight excluding hydrogens is 294 g/mol. The van der Waals surface area contributed by atoms with Crippen LogP contribution in [-0.4, -0.2) is 31.0 Å². The van der Waals surface area contributed by atoms with Crippen LogP contribution in [0.15, 0.2) is 24.3 Å². The minimum absolute atomic E-state index is 0. The van der Waals surface area contributed by atoms with Gasteiger partial charge in [0.2, 0.25) is 11.8 Å². The smallest absolute Gasteiger partial charge is 0.243 e. The van der Waals surface area contributed by atoms with E-state index in [1.165, 1.54) is 0 Å². The van der Waals surface area contributed by atoms with Gasteiger partial charge in [-0.15, -0.1) is 12.4 Å². The van der Waals surface area contributed by atoms with Crippen molar-refractivity contribution in [1.82, 2.24) is 5.32 Å². The van der Waals surface area contributed by atoms with Crippen LogP contribution < -0.4 is 16.4 Å². The lowest BCUT2D eigenvalue weighted by atomic mass is 10.2. The quantitative estimate of drug-likeness (QED) is 0.701. The molecule has 0 bridgehead atoms. The summed E-state index contributed by atoms with van der Waals surface area (Å²) in [6.07, 6.45) is 0.181. The Hall–Kier alpha value is -1.63. The van der Waals surface area contributed by atoms with Crippen molar-refractivity contribution in [3.05, 3.63) is 29.8 Å². The molecule has 4 N–H and O–H groups in total. The fourth-order valence-corrected chi connectivity index (χ4v) is 1.40. The minimum atomic E-state index is -0.360. The summed E-state index contributed by atoms with van der Waals surface area (Å²) in [5, 5.41) is 5.08. The Kier molecular flexibility index (Phi) is 9.36. The zero-order valence-corrected chi connectivity index (χ0v) is 13.0. The van der Waals surface area contributed by atoms with E-state index in [-0.39, 0.29) is 43.4 Å². The molecule has 0 unspecified atom stereocenters. The van der Waals surface area contributed by atoms with Crippen LogP contribution in [-0.2, 0) is 20.9 Å². The van der Waals surface area contributed by atoms with E-state index >= 15 is 0 Å². The van der Waals surface area contributed by atoms with E-state index in [4.69, 9.17) is 10.5 Å². The molecule has 0 aliphatic rings. The summed E-state index contributed by atoms with van der Waals surface area (Å²) in [6.45, 7) is 4.28. The number of anilines is 1. The van der Waals surface area contributed by atoms with Gasteiger partial charge in [-0.25, -0.2) is 0 Å². The van der Waals surface area contributed by atoms with E-state index < -0.39 is 0 Å². The first-order valence-corrected chi connectivity index (χ1v) is 6.48. The summed E-state index contributed by atoms with van der Waals surface area (Å²) in [7, 11) is 0. The molecule has 2 amide bonds. The minimum Gasteiger partial charge on any atom is -0.374 e. The number of rotatable bonds is 7. The molecule has 1 aromatic rings. The van der Waals surface area contributed by atoms with Gasteiger partial charge in [0.25, 0.3) is 0 Å². The number of nitrogens with one attached hydrogen (secondary N) is 2. The highest BCUT2D eigenvalue weighted by molar-refractivity contribution is 5.94. The molecule has 21 heavy (non-hydrogen) atoms. The highest BCUT2D eigenvalue weighted by Gasteiger charge is 2.04. The van der Waals surface area contributed by atoms with Crippen LogP contribution in [0.25, 0.3) is 0 Å². The van der Waals surface area contributed by atoms with Crippen molar-refractivity contribution in [3.63, 3.8) is 0 Å². The number of amides is 2. The van der Waals surface area contributed by atoms with Crippen molar-refractivity contribution < 1.29 is 14.3 Å². The van der Waals surface area contributed by atoms with Crippen LogP contribution in [0.1, 0.15) is 19.4 Å². The molecule has 1 aromatic carbocycles. The molecule has 0 fully saturated rings. The highest BCUT2D eigenvalue weighted by Crippen LogP contribution is 2.10. The molecule has 0 spiro atoms. The van der Waals surface area contributed by atoms with Crippen molar-refractivity contribution >= 4 is 29.9 Å². The summed E-state index contributed by atoms with van der Waals surface area (Å²) < 4.78 is 5.48. The van der Waals surface area contributed by atoms with Gasteiger partial charge in [0.1, 0.15) is 0 Å². The average molecular weight is 316 g/mol. The number of nitrogens with two attached hydrogens (primary N) is 1. The molecular formula is C14H22ClN3O3. The molecule has 6 nitrogen and oxygen atoms in total. The van der Waals surface area contributed by atoms with Gasteiger partial charge in [-0.05, 0) is 31.5 Å². The standard InChI is InChI=1S/C14H21N3O3.ClH/c1-10(2)20-9-11-3-5-12(6-4-11)17-14(19)8-16-13(18)7-15;/h3-6,10H,7-9,15H2,1-2H3,(H,16,18)(H,17,19);1H. The first kappa shape index (κ1) is 19.4. The summed E-state index contributed by atoms with van der Waals surface area (Å²) >= 11 is 0. The largest absolute Gasteiger partial charge is 0.374 e. The normalized spacial score (nSPS) is 9.90. The third-order valence-electron chi connectivity index (χ3n) is 2.45. The lowest BCUT2D eigenvalue weighted by Gasteiger charge is -2.09. The van der Waals surface area contributed by atoms with Gasteiger partial charge in [0.05, 0.1) is 25.8 Å². The second-order valence-corrected chi connectivity index (χ2v) is 4.59. The number of halogens is 1. The van der Waals surface area contributed by atoms with E-state index in [0.717, 1.165) is 5.56 Å². The van der Waals surface area contributed by atoms with E-state index in [1.807, 2.05) is 26.0 Å². The maximum Gasteiger partial charge on any atom is 0.243 e. The van der Waals surface area contributed by atoms with E-state index in [1.54, 1.807) is 12.1 Å². The number of benzene rings is 1. The van der Waals surface area contributed by atoms with Gasteiger partial charge in [0.15, 0.2) is 0 Å². The van der Waals surface area contributed by atoms with Crippen molar-refractivity contribution in [1.29, 1.82) is 0 Å². The van der Waals surface area contributed by atoms with Crippen LogP contribution in [0.2, 0.25) is 0 Å². The molecule has 0 saturated heterocycles. The maximum atomic E-state index is 11.5. The second kappa shape index (κ2) is 10.1. The van der Waals surface area contributed by atoms with E-state index in [2.05, 4.69) is 10.6 Å². The van der Waals surface area contributed by atoms with Crippen molar-refractivity contribution in [2.24, 2.45) is 5.73 Å². The number of hydrogen-bond acceptors (Lipinski definition) is 4. The van der Waals surface area contributed by atoms with Crippen LogP contribution >= 0.6 is 12.4 Å². The lowest BCUT2D eigenvalue weighted by Crippen LogP contribution is -2.36. The van der Waals surface area contributed by atoms with Crippen LogP contribution in [0, 0.1) is 0 Å². The fourth-order valence-electron chi connectivity index (χ4n) is 1.40. The zero-order chi connectivity index (χ0) is 15.0. The maximum absolute atomic E-state index is 11.5. The fraction of sp³-hybridized carbons (Fsp3) is 0.429. The molecule has 0 radical (unpaired) electrons. The summed E-state index contributed by atoms with van der Waals surface area (Å²) in [4.78, 5) is 22.5. The van der Waals surface area contributed by atoms with Gasteiger partial charge in [-0.2, -0.15) is 0 Å². The molecule has 0 saturated carbocycles. The van der Waals surface area contributed by atoms with Crippen LogP contribution in [0.3, 0.4) is 0 Å². The van der Waals surface area contributed by atoms with E-state index in [9.17, 15) is 9.59 Å². The molecule has 7 heteroatoms. The average Bonchev–Trinajstić information content (AvgIpc) is 2.44. The van der Waals surface area contributed by atoms with Gasteiger partial charge < -0.3 is 21.1 Å². The molecule has 118 valence electrons. The Morgan fingerprint density at radius 1 is 1.19 bits per heavy atom. The SMILES string of the molecule is CC(C)OCc1ccc(NC(=O)CNC(=O)CN)cc1.Cl. The Morgan fingerprint density at radius 2 is 1.81 bits per heavy atom. The third-order valence-corrected chi connectivity index (χ3v) is 2.45. The summed E-state index contributed by atoms with van der Waals surface area (Å²) in [5.74, 6) is -0.653. The predicted molar refractivity (Wildman–Crippen MR) is 84.3 cm³/mol. The number of carbonyl (C=O) groups excluding carboxylic acids is 2. The second-order valence-electron chi connectivity index (χ2n) is 4.59. The Balaban J connectivity index is 0.00000400. The molecule has 0 heterocycles. The lowest BCUT2D eigenvalue weighted by molar-refractivity contribution is -0.123. The molecule has 0 aliphatic heterocycles. The Bertz CT molecular complexity index is 449. The van der Waals surface area contributed by atoms with Gasteiger partial charge in [-0.1, -0.05) is 12.1 Å². The highest BCUT2D eigenvalue weighted by atomic mass is 35.5. The van der Waals surface area contributed by atoms with Crippen LogP contribution in [0.4, 0.5) is 5.69 Å². The summed E-state index contributed by atoms with van der Waals surface area (Å²) in [6, 6.07) is 7.36. The first-order valence-electron chi connectivity index (χ1n) is 6.48. The number of carbonyl (C=O) groups is 2. The van der Waals surface area contributed by atoms with Crippen LogP contribution in [0.5, 0.6) is 0 Å². The zero-order valence-electron chi connectivity index (χ0n) is 12.2.